The van der Waals surface area contributed by atoms with E-state index in [2.05, 4.69) is 0 Å². The van der Waals surface area contributed by atoms with E-state index in [1.54, 1.807) is 0 Å². The van der Waals surface area contributed by atoms with E-state index in [-0.39, 0.29) is 0 Å². The Kier molecular flexibility index (Phi) is 7.01. The number of nitrogens with zero attached hydrogens (tertiary/aromatic N) is 2. The van der Waals surface area contributed by atoms with Gasteiger partial charge in [-0.15, -0.1) is 0 Å². The Bertz CT molecular complexity index is 1130. The molecule has 2 N–H and O–H groups in total. The lowest BCUT2D eigenvalue weighted by atomic mass is 9.87. The SMILES string of the molecule is CN(C)c1ccc(C(O)c2ccccc2-c2ccccc2C(O)c2ccc(N(C)C)cc2)cc1. The van der Waals surface area contributed by atoms with E-state index in [9.17, 15) is 10.2 Å². The fourth-order valence-electron chi connectivity index (χ4n) is 4.23. The first-order valence-corrected chi connectivity index (χ1v) is 11.5. The van der Waals surface area contributed by atoms with Crippen LogP contribution >= 0.6 is 0 Å². The summed E-state index contributed by atoms with van der Waals surface area (Å²) < 4.78 is 0. The normalized spacial score (nSPS) is 12.8. The minimum absolute atomic E-state index is 0.781. The van der Waals surface area contributed by atoms with Crippen LogP contribution in [0.4, 0.5) is 11.4 Å². The van der Waals surface area contributed by atoms with E-state index in [0.29, 0.717) is 0 Å². The van der Waals surface area contributed by atoms with Crippen LogP contribution < -0.4 is 9.80 Å². The molecule has 0 aromatic heterocycles. The van der Waals surface area contributed by atoms with Gasteiger partial charge in [-0.1, -0.05) is 72.8 Å². The van der Waals surface area contributed by atoms with E-state index < -0.39 is 12.2 Å². The molecule has 0 radical (unpaired) electrons. The van der Waals surface area contributed by atoms with Gasteiger partial charge in [0.15, 0.2) is 0 Å². The summed E-state index contributed by atoms with van der Waals surface area (Å²) in [6.45, 7) is 0. The number of aliphatic hydroxyl groups is 2. The molecule has 0 heterocycles. The standard InChI is InChI=1S/C30H32N2O2/c1-31(2)23-17-13-21(14-18-23)29(33)27-11-7-5-9-25(27)26-10-6-8-12-28(26)30(34)22-15-19-24(20-16-22)32(3)4/h5-20,29-30,33-34H,1-4H3. The van der Waals surface area contributed by atoms with Crippen molar-refractivity contribution in [1.29, 1.82) is 0 Å². The topological polar surface area (TPSA) is 46.9 Å². The second-order valence-corrected chi connectivity index (χ2v) is 8.95. The molecule has 0 aliphatic carbocycles. The second-order valence-electron chi connectivity index (χ2n) is 8.95. The zero-order valence-electron chi connectivity index (χ0n) is 20.2. The van der Waals surface area contributed by atoms with Gasteiger partial charge >= 0.3 is 0 Å². The first kappa shape index (κ1) is 23.6. The maximum Gasteiger partial charge on any atom is 0.105 e. The summed E-state index contributed by atoms with van der Waals surface area (Å²) in [7, 11) is 7.99. The Balaban J connectivity index is 1.73. The highest BCUT2D eigenvalue weighted by molar-refractivity contribution is 5.73. The fraction of sp³-hybridized carbons (Fsp3) is 0.200. The number of aliphatic hydroxyl groups excluding tert-OH is 2. The lowest BCUT2D eigenvalue weighted by molar-refractivity contribution is 0.219. The summed E-state index contributed by atoms with van der Waals surface area (Å²) in [4.78, 5) is 4.07. The molecule has 0 aliphatic rings. The van der Waals surface area contributed by atoms with Gasteiger partial charge < -0.3 is 20.0 Å². The summed E-state index contributed by atoms with van der Waals surface area (Å²) in [5.41, 5.74) is 7.25. The van der Waals surface area contributed by atoms with E-state index in [1.165, 1.54) is 0 Å². The zero-order valence-corrected chi connectivity index (χ0v) is 20.2. The first-order valence-electron chi connectivity index (χ1n) is 11.5. The van der Waals surface area contributed by atoms with Gasteiger partial charge in [0.2, 0.25) is 0 Å². The average molecular weight is 453 g/mol. The lowest BCUT2D eigenvalue weighted by Crippen LogP contribution is -2.09. The predicted octanol–water partition coefficient (Wildman–Crippen LogP) is 5.65. The molecule has 34 heavy (non-hydrogen) atoms. The molecule has 4 rings (SSSR count). The Labute approximate surface area is 202 Å². The molecule has 0 saturated heterocycles. The molecule has 0 bridgehead atoms. The van der Waals surface area contributed by atoms with Crippen LogP contribution in [0.25, 0.3) is 11.1 Å². The van der Waals surface area contributed by atoms with Gasteiger partial charge in [0, 0.05) is 39.6 Å². The highest BCUT2D eigenvalue weighted by Gasteiger charge is 2.20. The number of anilines is 2. The minimum atomic E-state index is -0.781. The first-order chi connectivity index (χ1) is 16.4. The molecule has 174 valence electrons. The van der Waals surface area contributed by atoms with Gasteiger partial charge in [0.05, 0.1) is 0 Å². The van der Waals surface area contributed by atoms with Crippen molar-refractivity contribution in [3.8, 4) is 11.1 Å². The summed E-state index contributed by atoms with van der Waals surface area (Å²) in [6.07, 6.45) is -1.56. The van der Waals surface area contributed by atoms with Crippen molar-refractivity contribution < 1.29 is 10.2 Å². The van der Waals surface area contributed by atoms with Gasteiger partial charge in [-0.2, -0.15) is 0 Å². The number of hydrogen-bond donors (Lipinski definition) is 2. The summed E-state index contributed by atoms with van der Waals surface area (Å²) >= 11 is 0. The highest BCUT2D eigenvalue weighted by atomic mass is 16.3. The third kappa shape index (κ3) is 4.84. The van der Waals surface area contributed by atoms with Crippen molar-refractivity contribution in [1.82, 2.24) is 0 Å². The summed E-state index contributed by atoms with van der Waals surface area (Å²) in [5.74, 6) is 0. The van der Waals surface area contributed by atoms with Crippen LogP contribution in [0.15, 0.2) is 97.1 Å². The molecule has 4 nitrogen and oxygen atoms in total. The molecule has 4 aromatic carbocycles. The maximum absolute atomic E-state index is 11.3. The number of rotatable bonds is 7. The lowest BCUT2D eigenvalue weighted by Gasteiger charge is -2.21. The largest absolute Gasteiger partial charge is 0.384 e. The van der Waals surface area contributed by atoms with E-state index in [1.807, 2.05) is 135 Å². The smallest absolute Gasteiger partial charge is 0.105 e. The van der Waals surface area contributed by atoms with Gasteiger partial charge in [0.25, 0.3) is 0 Å². The van der Waals surface area contributed by atoms with Crippen LogP contribution in [0.1, 0.15) is 34.5 Å². The fourth-order valence-corrected chi connectivity index (χ4v) is 4.23. The Morgan fingerprint density at radius 2 is 0.794 bits per heavy atom. The maximum atomic E-state index is 11.3. The number of benzene rings is 4. The monoisotopic (exact) mass is 452 g/mol. The predicted molar refractivity (Wildman–Crippen MR) is 142 cm³/mol. The quantitative estimate of drug-likeness (QED) is 0.380. The van der Waals surface area contributed by atoms with E-state index in [4.69, 9.17) is 0 Å². The van der Waals surface area contributed by atoms with Crippen molar-refractivity contribution in [3.63, 3.8) is 0 Å². The van der Waals surface area contributed by atoms with Gasteiger partial charge in [-0.25, -0.2) is 0 Å². The molecule has 2 unspecified atom stereocenters. The highest BCUT2D eigenvalue weighted by Crippen LogP contribution is 2.37. The van der Waals surface area contributed by atoms with Crippen LogP contribution in [-0.4, -0.2) is 38.4 Å². The summed E-state index contributed by atoms with van der Waals surface area (Å²) in [6, 6.07) is 31.6. The van der Waals surface area contributed by atoms with Crippen LogP contribution in [0, 0.1) is 0 Å². The van der Waals surface area contributed by atoms with Crippen molar-refractivity contribution in [2.24, 2.45) is 0 Å². The Morgan fingerprint density at radius 1 is 0.471 bits per heavy atom. The molecule has 2 atom stereocenters. The number of hydrogen-bond acceptors (Lipinski definition) is 4. The van der Waals surface area contributed by atoms with Crippen molar-refractivity contribution >= 4 is 11.4 Å². The van der Waals surface area contributed by atoms with Gasteiger partial charge in [0.1, 0.15) is 12.2 Å². The average Bonchev–Trinajstić information content (AvgIpc) is 2.88. The minimum Gasteiger partial charge on any atom is -0.384 e. The van der Waals surface area contributed by atoms with Crippen LogP contribution in [0.5, 0.6) is 0 Å². The van der Waals surface area contributed by atoms with E-state index >= 15 is 0 Å². The van der Waals surface area contributed by atoms with Crippen molar-refractivity contribution in [2.75, 3.05) is 38.0 Å². The van der Waals surface area contributed by atoms with Gasteiger partial charge in [-0.3, -0.25) is 0 Å². The Morgan fingerprint density at radius 3 is 1.12 bits per heavy atom. The molecule has 0 fully saturated rings. The third-order valence-electron chi connectivity index (χ3n) is 6.25. The molecular formula is C30H32N2O2. The molecule has 0 saturated carbocycles. The van der Waals surface area contributed by atoms with Crippen LogP contribution in [0.3, 0.4) is 0 Å². The molecule has 0 aliphatic heterocycles. The molecular weight excluding hydrogens is 420 g/mol. The molecule has 0 spiro atoms. The van der Waals surface area contributed by atoms with Crippen LogP contribution in [0.2, 0.25) is 0 Å². The van der Waals surface area contributed by atoms with Crippen molar-refractivity contribution in [2.45, 2.75) is 12.2 Å². The third-order valence-corrected chi connectivity index (χ3v) is 6.25. The zero-order chi connectivity index (χ0) is 24.2. The van der Waals surface area contributed by atoms with Gasteiger partial charge in [-0.05, 0) is 57.6 Å². The molecule has 0 amide bonds. The second kappa shape index (κ2) is 10.1. The van der Waals surface area contributed by atoms with E-state index in [0.717, 1.165) is 44.8 Å². The Hall–Kier alpha value is -3.60. The van der Waals surface area contributed by atoms with Crippen LogP contribution in [-0.2, 0) is 0 Å². The van der Waals surface area contributed by atoms with Crippen molar-refractivity contribution in [3.05, 3.63) is 119 Å². The molecule has 4 heteroatoms. The summed E-state index contributed by atoms with van der Waals surface area (Å²) in [5, 5.41) is 22.6. The molecule has 4 aromatic rings.